The number of nitrogens with one attached hydrogen (secondary N) is 1. The zero-order chi connectivity index (χ0) is 17.6. The van der Waals surface area contributed by atoms with E-state index in [1.54, 1.807) is 6.20 Å². The first-order chi connectivity index (χ1) is 12.6. The summed E-state index contributed by atoms with van der Waals surface area (Å²) in [6.07, 6.45) is 3.66. The van der Waals surface area contributed by atoms with Crippen molar-refractivity contribution in [2.24, 2.45) is 10.9 Å². The first kappa shape index (κ1) is 15.8. The molecule has 0 aliphatic carbocycles. The highest BCUT2D eigenvalue weighted by atomic mass is 16.6. The summed E-state index contributed by atoms with van der Waals surface area (Å²) in [5.41, 5.74) is 1.81. The first-order valence-electron chi connectivity index (χ1n) is 9.23. The van der Waals surface area contributed by atoms with E-state index in [2.05, 4.69) is 27.4 Å². The molecule has 2 bridgehead atoms. The summed E-state index contributed by atoms with van der Waals surface area (Å²) in [6, 6.07) is 14.6. The molecule has 6 heteroatoms. The summed E-state index contributed by atoms with van der Waals surface area (Å²) in [5.74, 6) is 1.14. The number of quaternary nitrogens is 1. The van der Waals surface area contributed by atoms with Gasteiger partial charge < -0.3 is 14.6 Å². The summed E-state index contributed by atoms with van der Waals surface area (Å²) < 4.78 is 6.10. The number of hydrogen-bond donors (Lipinski definition) is 1. The molecule has 1 aromatic carbocycles. The number of amidine groups is 1. The lowest BCUT2D eigenvalue weighted by Gasteiger charge is -2.58. The molecule has 3 fully saturated rings. The molecule has 1 spiro atoms. The summed E-state index contributed by atoms with van der Waals surface area (Å²) in [4.78, 5) is 8.94. The molecule has 6 nitrogen and oxygen atoms in total. The zero-order valence-corrected chi connectivity index (χ0v) is 14.6. The SMILES string of the molecule is [O-][N+]12CCC(CC1)[C@]1(CN=C(Nc3cc(-c4ccccc4)ccn3)O1)C2. The maximum atomic E-state index is 12.7. The highest BCUT2D eigenvalue weighted by Crippen LogP contribution is 2.44. The third-order valence-electron chi connectivity index (χ3n) is 5.96. The predicted octanol–water partition coefficient (Wildman–Crippen LogP) is 3.02. The van der Waals surface area contributed by atoms with Gasteiger partial charge in [0.2, 0.25) is 0 Å². The minimum atomic E-state index is -0.419. The summed E-state index contributed by atoms with van der Waals surface area (Å²) in [5, 5.41) is 15.9. The van der Waals surface area contributed by atoms with Crippen LogP contribution in [0.2, 0.25) is 0 Å². The summed E-state index contributed by atoms with van der Waals surface area (Å²) in [7, 11) is 0. The number of ether oxygens (including phenoxy) is 1. The van der Waals surface area contributed by atoms with Crippen molar-refractivity contribution in [3.63, 3.8) is 0 Å². The van der Waals surface area contributed by atoms with Crippen LogP contribution in [0.1, 0.15) is 12.8 Å². The number of pyridine rings is 1. The van der Waals surface area contributed by atoms with Gasteiger partial charge in [0, 0.05) is 25.0 Å². The second-order valence-corrected chi connectivity index (χ2v) is 7.65. The molecule has 1 aromatic heterocycles. The van der Waals surface area contributed by atoms with Crippen LogP contribution in [0, 0.1) is 11.1 Å². The van der Waals surface area contributed by atoms with E-state index in [1.165, 1.54) is 0 Å². The Kier molecular flexibility index (Phi) is 3.52. The monoisotopic (exact) mass is 350 g/mol. The average molecular weight is 350 g/mol. The zero-order valence-electron chi connectivity index (χ0n) is 14.6. The molecular weight excluding hydrogens is 328 g/mol. The van der Waals surface area contributed by atoms with Crippen LogP contribution in [-0.4, -0.2) is 47.4 Å². The minimum absolute atomic E-state index is 0.124. The number of rotatable bonds is 2. The van der Waals surface area contributed by atoms with Gasteiger partial charge in [0.05, 0.1) is 19.6 Å². The van der Waals surface area contributed by atoms with Gasteiger partial charge in [-0.1, -0.05) is 30.3 Å². The number of hydroxylamine groups is 3. The molecule has 2 aromatic rings. The number of nitrogens with zero attached hydrogens (tertiary/aromatic N) is 3. The van der Waals surface area contributed by atoms with Gasteiger partial charge in [0.1, 0.15) is 12.4 Å². The fourth-order valence-electron chi connectivity index (χ4n) is 4.58. The smallest absolute Gasteiger partial charge is 0.291 e. The normalized spacial score (nSPS) is 32.3. The molecule has 0 unspecified atom stereocenters. The molecule has 4 aliphatic rings. The van der Waals surface area contributed by atoms with E-state index in [4.69, 9.17) is 4.74 Å². The van der Waals surface area contributed by atoms with E-state index in [9.17, 15) is 5.21 Å². The van der Waals surface area contributed by atoms with Crippen LogP contribution < -0.4 is 5.32 Å². The fraction of sp³-hybridized carbons (Fsp3) is 0.400. The molecule has 0 saturated carbocycles. The van der Waals surface area contributed by atoms with Crippen LogP contribution in [0.15, 0.2) is 53.7 Å². The maximum Gasteiger partial charge on any atom is 0.291 e. The van der Waals surface area contributed by atoms with Crippen molar-refractivity contribution in [2.75, 3.05) is 31.5 Å². The van der Waals surface area contributed by atoms with Crippen LogP contribution in [0.5, 0.6) is 0 Å². The van der Waals surface area contributed by atoms with Gasteiger partial charge in [-0.15, -0.1) is 0 Å². The van der Waals surface area contributed by atoms with Crippen molar-refractivity contribution >= 4 is 11.8 Å². The van der Waals surface area contributed by atoms with Crippen LogP contribution in [0.4, 0.5) is 5.82 Å². The quantitative estimate of drug-likeness (QED) is 0.668. The van der Waals surface area contributed by atoms with Crippen molar-refractivity contribution in [1.82, 2.24) is 4.98 Å². The molecular formula is C20H22N4O2. The fourth-order valence-corrected chi connectivity index (χ4v) is 4.58. The largest absolute Gasteiger partial charge is 0.633 e. The molecule has 0 amide bonds. The number of hydrogen-bond acceptors (Lipinski definition) is 5. The standard InChI is InChI=1S/C20H22N4O2/c25-24-10-7-17(8-11-24)20(14-24)13-22-19(26-20)23-18-12-16(6-9-21-18)15-4-2-1-3-5-15/h1-6,9,12,17H,7-8,10-11,13-14H2,(H,21,22,23)/t17?,20-,24?/m0/s1. The van der Waals surface area contributed by atoms with E-state index < -0.39 is 5.60 Å². The van der Waals surface area contributed by atoms with Crippen molar-refractivity contribution < 1.29 is 9.38 Å². The highest BCUT2D eigenvalue weighted by Gasteiger charge is 2.56. The van der Waals surface area contributed by atoms with Gasteiger partial charge in [0.25, 0.3) is 6.02 Å². The third kappa shape index (κ3) is 2.66. The number of fused-ring (bicyclic) bond motifs is 2. The Morgan fingerprint density at radius 3 is 2.69 bits per heavy atom. The Morgan fingerprint density at radius 2 is 1.92 bits per heavy atom. The Balaban J connectivity index is 1.33. The molecule has 1 N–H and O–H groups in total. The van der Waals surface area contributed by atoms with Gasteiger partial charge in [-0.3, -0.25) is 5.32 Å². The Hall–Kier alpha value is -2.44. The molecule has 6 rings (SSSR count). The molecule has 4 aliphatic heterocycles. The van der Waals surface area contributed by atoms with Crippen molar-refractivity contribution in [3.8, 4) is 11.1 Å². The van der Waals surface area contributed by atoms with Crippen molar-refractivity contribution in [2.45, 2.75) is 18.4 Å². The molecule has 1 atom stereocenters. The van der Waals surface area contributed by atoms with Gasteiger partial charge in [-0.2, -0.15) is 0 Å². The van der Waals surface area contributed by atoms with E-state index in [-0.39, 0.29) is 4.65 Å². The van der Waals surface area contributed by atoms with Gasteiger partial charge in [-0.25, -0.2) is 9.98 Å². The van der Waals surface area contributed by atoms with Gasteiger partial charge >= 0.3 is 0 Å². The Labute approximate surface area is 152 Å². The molecule has 0 radical (unpaired) electrons. The van der Waals surface area contributed by atoms with E-state index in [0.29, 0.717) is 30.8 Å². The third-order valence-corrected chi connectivity index (χ3v) is 5.96. The van der Waals surface area contributed by atoms with Crippen LogP contribution in [0.3, 0.4) is 0 Å². The molecule has 26 heavy (non-hydrogen) atoms. The van der Waals surface area contributed by atoms with E-state index >= 15 is 0 Å². The molecule has 3 saturated heterocycles. The Morgan fingerprint density at radius 1 is 1.12 bits per heavy atom. The van der Waals surface area contributed by atoms with Crippen molar-refractivity contribution in [1.29, 1.82) is 0 Å². The number of benzene rings is 1. The number of aromatic nitrogens is 1. The lowest BCUT2D eigenvalue weighted by atomic mass is 9.75. The van der Waals surface area contributed by atoms with Crippen LogP contribution in [-0.2, 0) is 4.74 Å². The lowest BCUT2D eigenvalue weighted by molar-refractivity contribution is -0.905. The summed E-state index contributed by atoms with van der Waals surface area (Å²) >= 11 is 0. The lowest BCUT2D eigenvalue weighted by Crippen LogP contribution is -2.67. The second-order valence-electron chi connectivity index (χ2n) is 7.65. The van der Waals surface area contributed by atoms with Crippen LogP contribution in [0.25, 0.3) is 11.1 Å². The second kappa shape index (κ2) is 5.79. The number of anilines is 1. The minimum Gasteiger partial charge on any atom is -0.633 e. The molecule has 134 valence electrons. The number of piperidine rings is 3. The van der Waals surface area contributed by atoms with Crippen molar-refractivity contribution in [3.05, 3.63) is 53.9 Å². The maximum absolute atomic E-state index is 12.7. The molecule has 5 heterocycles. The van der Waals surface area contributed by atoms with E-state index in [0.717, 1.165) is 37.1 Å². The Bertz CT molecular complexity index is 846. The topological polar surface area (TPSA) is 69.6 Å². The first-order valence-corrected chi connectivity index (χ1v) is 9.23. The summed E-state index contributed by atoms with van der Waals surface area (Å²) in [6.45, 7) is 2.53. The van der Waals surface area contributed by atoms with Gasteiger partial charge in [0.15, 0.2) is 5.60 Å². The number of aliphatic imine (C=N–C) groups is 1. The van der Waals surface area contributed by atoms with E-state index in [1.807, 2.05) is 30.3 Å². The predicted molar refractivity (Wildman–Crippen MR) is 100 cm³/mol. The van der Waals surface area contributed by atoms with Crippen LogP contribution >= 0.6 is 0 Å². The van der Waals surface area contributed by atoms with Gasteiger partial charge in [-0.05, 0) is 23.3 Å². The highest BCUT2D eigenvalue weighted by molar-refractivity contribution is 5.90. The average Bonchev–Trinajstić information content (AvgIpc) is 3.04.